The molecule has 186 valence electrons. The van der Waals surface area contributed by atoms with Gasteiger partial charge >= 0.3 is 6.18 Å². The lowest BCUT2D eigenvalue weighted by Gasteiger charge is -2.42. The average Bonchev–Trinajstić information content (AvgIpc) is 3.72. The van der Waals surface area contributed by atoms with Crippen LogP contribution in [0.5, 0.6) is 5.75 Å². The fraction of sp³-hybridized carbons (Fsp3) is 0.286. The number of nitrogens with zero attached hydrogens (tertiary/aromatic N) is 1. The number of benzene rings is 3. The second kappa shape index (κ2) is 9.33. The van der Waals surface area contributed by atoms with Crippen LogP contribution in [-0.2, 0) is 17.5 Å². The van der Waals surface area contributed by atoms with Gasteiger partial charge < -0.3 is 15.0 Å². The minimum absolute atomic E-state index is 0.0285. The lowest BCUT2D eigenvalue weighted by molar-refractivity contribution is -0.137. The zero-order valence-electron chi connectivity index (χ0n) is 19.6. The Morgan fingerprint density at radius 2 is 1.78 bits per heavy atom. The number of fused-ring (bicyclic) bond motifs is 1. The van der Waals surface area contributed by atoms with E-state index in [1.54, 1.807) is 48.4 Å². The highest BCUT2D eigenvalue weighted by molar-refractivity contribution is 6.01. The number of hydrogen-bond donors (Lipinski definition) is 1. The predicted octanol–water partition coefficient (Wildman–Crippen LogP) is 5.47. The summed E-state index contributed by atoms with van der Waals surface area (Å²) in [5.74, 6) is -0.608. The van der Waals surface area contributed by atoms with Crippen LogP contribution >= 0.6 is 0 Å². The second-order valence-corrected chi connectivity index (χ2v) is 9.15. The highest BCUT2D eigenvalue weighted by atomic mass is 19.4. The summed E-state index contributed by atoms with van der Waals surface area (Å²) in [4.78, 5) is 29.1. The molecule has 2 amide bonds. The molecule has 0 saturated heterocycles. The van der Waals surface area contributed by atoms with E-state index in [0.717, 1.165) is 30.5 Å². The van der Waals surface area contributed by atoms with Crippen molar-refractivity contribution in [3.63, 3.8) is 0 Å². The van der Waals surface area contributed by atoms with Crippen LogP contribution in [-0.4, -0.2) is 29.9 Å². The van der Waals surface area contributed by atoms with Crippen molar-refractivity contribution >= 4 is 11.8 Å². The standard InChI is InChI=1S/C28H25F3N2O3/c1-36-21-9-5-7-18(15-21)25-24(22-10-2-3-11-23(22)27(35)33(25)20-12-13-20)26(34)32-16-17-6-4-8-19(14-17)28(29,30)31/h2-11,14-15,20,24-25H,12-13,16H2,1H3,(H,32,34)/t24-,25+/m0/s1. The van der Waals surface area contributed by atoms with Crippen molar-refractivity contribution in [2.45, 2.75) is 43.6 Å². The number of halogens is 3. The number of amides is 2. The minimum atomic E-state index is -4.47. The zero-order valence-corrected chi connectivity index (χ0v) is 19.6. The zero-order chi connectivity index (χ0) is 25.4. The van der Waals surface area contributed by atoms with Gasteiger partial charge in [0.2, 0.25) is 5.91 Å². The van der Waals surface area contributed by atoms with Crippen LogP contribution in [0.4, 0.5) is 13.2 Å². The highest BCUT2D eigenvalue weighted by Gasteiger charge is 2.49. The molecular formula is C28H25F3N2O3. The molecule has 5 nitrogen and oxygen atoms in total. The molecule has 2 aliphatic rings. The normalized spacial score (nSPS) is 19.6. The number of carbonyl (C=O) groups excluding carboxylic acids is 2. The minimum Gasteiger partial charge on any atom is -0.497 e. The summed E-state index contributed by atoms with van der Waals surface area (Å²) in [6.07, 6.45) is -2.76. The van der Waals surface area contributed by atoms with Gasteiger partial charge in [0.25, 0.3) is 5.91 Å². The van der Waals surface area contributed by atoms with Crippen molar-refractivity contribution in [1.82, 2.24) is 10.2 Å². The van der Waals surface area contributed by atoms with E-state index in [9.17, 15) is 22.8 Å². The van der Waals surface area contributed by atoms with E-state index < -0.39 is 23.7 Å². The Morgan fingerprint density at radius 1 is 1.03 bits per heavy atom. The van der Waals surface area contributed by atoms with Crippen LogP contribution in [0.3, 0.4) is 0 Å². The number of alkyl halides is 3. The molecular weight excluding hydrogens is 469 g/mol. The van der Waals surface area contributed by atoms with Gasteiger partial charge in [0.15, 0.2) is 0 Å². The molecule has 3 aromatic rings. The third-order valence-corrected chi connectivity index (χ3v) is 6.76. The van der Waals surface area contributed by atoms with E-state index in [1.165, 1.54) is 6.07 Å². The van der Waals surface area contributed by atoms with E-state index in [1.807, 2.05) is 18.2 Å². The molecule has 5 rings (SSSR count). The molecule has 0 radical (unpaired) electrons. The molecule has 8 heteroatoms. The quantitative estimate of drug-likeness (QED) is 0.494. The molecule has 1 heterocycles. The lowest BCUT2D eigenvalue weighted by atomic mass is 9.79. The molecule has 1 aliphatic carbocycles. The van der Waals surface area contributed by atoms with Crippen molar-refractivity contribution in [1.29, 1.82) is 0 Å². The molecule has 1 fully saturated rings. The first-order chi connectivity index (χ1) is 17.3. The molecule has 3 aromatic carbocycles. The summed E-state index contributed by atoms with van der Waals surface area (Å²) >= 11 is 0. The summed E-state index contributed by atoms with van der Waals surface area (Å²) in [6, 6.07) is 18.7. The van der Waals surface area contributed by atoms with Crippen LogP contribution in [0, 0.1) is 0 Å². The van der Waals surface area contributed by atoms with E-state index in [2.05, 4.69) is 5.32 Å². The monoisotopic (exact) mass is 494 g/mol. The molecule has 0 bridgehead atoms. The Labute approximate surface area is 206 Å². The first-order valence-corrected chi connectivity index (χ1v) is 11.8. The number of hydrogen-bond acceptors (Lipinski definition) is 3. The van der Waals surface area contributed by atoms with Gasteiger partial charge in [-0.1, -0.05) is 42.5 Å². The first kappa shape index (κ1) is 23.9. The Kier molecular flexibility index (Phi) is 6.20. The van der Waals surface area contributed by atoms with E-state index in [0.29, 0.717) is 22.4 Å². The highest BCUT2D eigenvalue weighted by Crippen LogP contribution is 2.48. The molecule has 1 N–H and O–H groups in total. The van der Waals surface area contributed by atoms with Crippen LogP contribution in [0.25, 0.3) is 0 Å². The predicted molar refractivity (Wildman–Crippen MR) is 127 cm³/mol. The summed E-state index contributed by atoms with van der Waals surface area (Å²) < 4.78 is 44.8. The number of nitrogens with one attached hydrogen (secondary N) is 1. The SMILES string of the molecule is COc1cccc([C@@H]2[C@@H](C(=O)NCc3cccc(C(F)(F)F)c3)c3ccccc3C(=O)N2C2CC2)c1. The Bertz CT molecular complexity index is 1300. The van der Waals surface area contributed by atoms with Crippen molar-refractivity contribution in [2.24, 2.45) is 0 Å². The molecule has 36 heavy (non-hydrogen) atoms. The van der Waals surface area contributed by atoms with Crippen molar-refractivity contribution in [2.75, 3.05) is 7.11 Å². The summed E-state index contributed by atoms with van der Waals surface area (Å²) in [5.41, 5.74) is 1.42. The van der Waals surface area contributed by atoms with E-state index in [4.69, 9.17) is 4.74 Å². The van der Waals surface area contributed by atoms with Crippen molar-refractivity contribution in [3.8, 4) is 5.75 Å². The van der Waals surface area contributed by atoms with Crippen LogP contribution < -0.4 is 10.1 Å². The van der Waals surface area contributed by atoms with Gasteiger partial charge in [-0.05, 0) is 59.9 Å². The van der Waals surface area contributed by atoms with Crippen LogP contribution in [0.15, 0.2) is 72.8 Å². The average molecular weight is 495 g/mol. The Morgan fingerprint density at radius 3 is 2.50 bits per heavy atom. The maximum Gasteiger partial charge on any atom is 0.416 e. The smallest absolute Gasteiger partial charge is 0.416 e. The maximum atomic E-state index is 13.7. The van der Waals surface area contributed by atoms with Gasteiger partial charge in [-0.2, -0.15) is 13.2 Å². The first-order valence-electron chi connectivity index (χ1n) is 11.8. The largest absolute Gasteiger partial charge is 0.497 e. The topological polar surface area (TPSA) is 58.6 Å². The number of rotatable bonds is 6. The van der Waals surface area contributed by atoms with E-state index in [-0.39, 0.29) is 24.4 Å². The molecule has 1 aliphatic heterocycles. The fourth-order valence-corrected chi connectivity index (χ4v) is 4.92. The van der Waals surface area contributed by atoms with Gasteiger partial charge in [0, 0.05) is 18.2 Å². The molecule has 1 saturated carbocycles. The Hall–Kier alpha value is -3.81. The molecule has 2 atom stereocenters. The fourth-order valence-electron chi connectivity index (χ4n) is 4.92. The maximum absolute atomic E-state index is 13.7. The number of ether oxygens (including phenoxy) is 1. The van der Waals surface area contributed by atoms with E-state index >= 15 is 0 Å². The third kappa shape index (κ3) is 4.55. The third-order valence-electron chi connectivity index (χ3n) is 6.76. The van der Waals surface area contributed by atoms with Gasteiger partial charge in [-0.3, -0.25) is 9.59 Å². The summed E-state index contributed by atoms with van der Waals surface area (Å²) in [5, 5.41) is 2.84. The molecule has 0 aromatic heterocycles. The molecule has 0 unspecified atom stereocenters. The van der Waals surface area contributed by atoms with Gasteiger partial charge in [0.1, 0.15) is 5.75 Å². The van der Waals surface area contributed by atoms with Crippen LogP contribution in [0.1, 0.15) is 57.4 Å². The molecule has 0 spiro atoms. The lowest BCUT2D eigenvalue weighted by Crippen LogP contribution is -2.48. The number of methoxy groups -OCH3 is 1. The van der Waals surface area contributed by atoms with Crippen molar-refractivity contribution in [3.05, 3.63) is 101 Å². The van der Waals surface area contributed by atoms with Crippen molar-refractivity contribution < 1.29 is 27.5 Å². The second-order valence-electron chi connectivity index (χ2n) is 9.15. The number of carbonyl (C=O) groups is 2. The summed E-state index contributed by atoms with van der Waals surface area (Å²) in [7, 11) is 1.55. The van der Waals surface area contributed by atoms with Gasteiger partial charge in [-0.15, -0.1) is 0 Å². The van der Waals surface area contributed by atoms with Gasteiger partial charge in [0.05, 0.1) is 24.6 Å². The van der Waals surface area contributed by atoms with Crippen LogP contribution in [0.2, 0.25) is 0 Å². The Balaban J connectivity index is 1.52. The van der Waals surface area contributed by atoms with Gasteiger partial charge in [-0.25, -0.2) is 0 Å². The summed E-state index contributed by atoms with van der Waals surface area (Å²) in [6.45, 7) is -0.0658.